The van der Waals surface area contributed by atoms with Gasteiger partial charge in [0.2, 0.25) is 0 Å². The lowest BCUT2D eigenvalue weighted by Crippen LogP contribution is -2.55. The fourth-order valence-electron chi connectivity index (χ4n) is 4.69. The third-order valence-corrected chi connectivity index (χ3v) is 6.33. The van der Waals surface area contributed by atoms with Crippen LogP contribution in [0.3, 0.4) is 0 Å². The number of hydrogen-bond donors (Lipinski definition) is 2. The molecule has 0 amide bonds. The van der Waals surface area contributed by atoms with Gasteiger partial charge in [0.25, 0.3) is 0 Å². The van der Waals surface area contributed by atoms with Crippen molar-refractivity contribution in [3.8, 4) is 22.7 Å². The van der Waals surface area contributed by atoms with Crippen molar-refractivity contribution in [1.82, 2.24) is 25.1 Å². The first-order valence-corrected chi connectivity index (χ1v) is 10.3. The van der Waals surface area contributed by atoms with Crippen molar-refractivity contribution in [1.29, 1.82) is 0 Å². The molecule has 0 radical (unpaired) electrons. The van der Waals surface area contributed by atoms with Gasteiger partial charge in [-0.05, 0) is 49.1 Å². The third kappa shape index (κ3) is 3.39. The van der Waals surface area contributed by atoms with Crippen molar-refractivity contribution in [3.63, 3.8) is 0 Å². The van der Waals surface area contributed by atoms with Crippen LogP contribution in [0.15, 0.2) is 55.6 Å². The highest BCUT2D eigenvalue weighted by molar-refractivity contribution is 5.70. The summed E-state index contributed by atoms with van der Waals surface area (Å²) in [4.78, 5) is 4.02. The Hall–Kier alpha value is -3.06. The number of rotatable bonds is 4. The fourth-order valence-corrected chi connectivity index (χ4v) is 4.69. The van der Waals surface area contributed by atoms with E-state index in [1.54, 1.807) is 30.7 Å². The molecule has 2 unspecified atom stereocenters. The Morgan fingerprint density at radius 3 is 2.83 bits per heavy atom. The van der Waals surface area contributed by atoms with Crippen LogP contribution in [0.4, 0.5) is 4.39 Å². The molecule has 4 heterocycles. The number of phenols is 1. The summed E-state index contributed by atoms with van der Waals surface area (Å²) >= 11 is 0. The molecule has 0 spiro atoms. The SMILES string of the molecule is C=C(c1ccc(-c2ccc(-n3ccnc3)cc2O)nn1)[C@@H]1CC2CCCC(N2)[C@H]1F. The number of phenolic OH excluding ortho intramolecular Hbond substituents is 1. The Labute approximate surface area is 174 Å². The summed E-state index contributed by atoms with van der Waals surface area (Å²) in [5.74, 6) is -0.123. The van der Waals surface area contributed by atoms with Crippen molar-refractivity contribution >= 4 is 5.57 Å². The molecule has 7 heteroatoms. The average Bonchev–Trinajstić information content (AvgIpc) is 3.31. The molecule has 30 heavy (non-hydrogen) atoms. The van der Waals surface area contributed by atoms with Crippen molar-refractivity contribution in [2.45, 2.75) is 43.9 Å². The molecule has 4 atom stereocenters. The second-order valence-corrected chi connectivity index (χ2v) is 8.19. The van der Waals surface area contributed by atoms with Crippen LogP contribution in [0.5, 0.6) is 5.75 Å². The van der Waals surface area contributed by atoms with Crippen molar-refractivity contribution in [2.24, 2.45) is 5.92 Å². The summed E-state index contributed by atoms with van der Waals surface area (Å²) in [6.45, 7) is 4.16. The van der Waals surface area contributed by atoms with E-state index in [2.05, 4.69) is 27.1 Å². The molecule has 2 N–H and O–H groups in total. The largest absolute Gasteiger partial charge is 0.507 e. The zero-order valence-electron chi connectivity index (χ0n) is 16.6. The van der Waals surface area contributed by atoms with Crippen molar-refractivity contribution in [3.05, 3.63) is 61.3 Å². The lowest BCUT2D eigenvalue weighted by Gasteiger charge is -2.43. The molecule has 2 aliphatic rings. The summed E-state index contributed by atoms with van der Waals surface area (Å²) in [6.07, 6.45) is 8.00. The van der Waals surface area contributed by atoms with Gasteiger partial charge < -0.3 is 15.0 Å². The first-order chi connectivity index (χ1) is 14.6. The predicted molar refractivity (Wildman–Crippen MR) is 113 cm³/mol. The number of alkyl halides is 1. The molecule has 2 bridgehead atoms. The van der Waals surface area contributed by atoms with E-state index in [-0.39, 0.29) is 17.7 Å². The summed E-state index contributed by atoms with van der Waals surface area (Å²) in [5, 5.41) is 22.5. The molecule has 2 saturated heterocycles. The molecule has 3 aromatic rings. The van der Waals surface area contributed by atoms with Gasteiger partial charge in [-0.3, -0.25) is 0 Å². The van der Waals surface area contributed by atoms with Crippen LogP contribution >= 0.6 is 0 Å². The maximum atomic E-state index is 15.0. The highest BCUT2D eigenvalue weighted by Gasteiger charge is 2.41. The highest BCUT2D eigenvalue weighted by Crippen LogP contribution is 2.39. The van der Waals surface area contributed by atoms with Gasteiger partial charge in [0, 0.05) is 42.0 Å². The first-order valence-electron chi connectivity index (χ1n) is 10.3. The summed E-state index contributed by atoms with van der Waals surface area (Å²) < 4.78 is 16.8. The molecule has 2 aromatic heterocycles. The van der Waals surface area contributed by atoms with E-state index in [0.717, 1.165) is 31.4 Å². The van der Waals surface area contributed by atoms with Gasteiger partial charge in [-0.1, -0.05) is 13.0 Å². The summed E-state index contributed by atoms with van der Waals surface area (Å²) in [6, 6.07) is 9.23. The van der Waals surface area contributed by atoms with Crippen LogP contribution in [-0.4, -0.2) is 43.1 Å². The van der Waals surface area contributed by atoms with Gasteiger partial charge >= 0.3 is 0 Å². The van der Waals surface area contributed by atoms with Crippen LogP contribution in [0.2, 0.25) is 0 Å². The van der Waals surface area contributed by atoms with Crippen LogP contribution < -0.4 is 5.32 Å². The molecule has 2 aliphatic heterocycles. The Morgan fingerprint density at radius 2 is 2.10 bits per heavy atom. The lowest BCUT2D eigenvalue weighted by atomic mass is 9.75. The number of nitrogens with zero attached hydrogens (tertiary/aromatic N) is 4. The number of nitrogens with one attached hydrogen (secondary N) is 1. The number of fused-ring (bicyclic) bond motifs is 2. The maximum absolute atomic E-state index is 15.0. The zero-order chi connectivity index (χ0) is 20.7. The van der Waals surface area contributed by atoms with E-state index in [1.807, 2.05) is 22.9 Å². The minimum atomic E-state index is -0.949. The van der Waals surface area contributed by atoms with E-state index < -0.39 is 6.17 Å². The number of piperidine rings is 2. The van der Waals surface area contributed by atoms with Crippen molar-refractivity contribution in [2.75, 3.05) is 0 Å². The van der Waals surface area contributed by atoms with Gasteiger partial charge in [0.15, 0.2) is 0 Å². The van der Waals surface area contributed by atoms with Gasteiger partial charge in [-0.25, -0.2) is 9.37 Å². The standard InChI is InChI=1S/C23H24FN5O/c1-14(18-11-15-3-2-4-21(26-15)23(18)24)19-7-8-20(28-27-19)17-6-5-16(12-22(17)30)29-10-9-25-13-29/h5-10,12-13,15,18,21,23,26,30H,1-4,11H2/t15?,18-,21?,23-/m0/s1. The van der Waals surface area contributed by atoms with E-state index in [9.17, 15) is 9.50 Å². The summed E-state index contributed by atoms with van der Waals surface area (Å²) in [5.41, 5.74) is 3.26. The number of allylic oxidation sites excluding steroid dienone is 1. The Kier molecular flexibility index (Phi) is 4.83. The van der Waals surface area contributed by atoms with E-state index in [1.165, 1.54) is 0 Å². The monoisotopic (exact) mass is 405 g/mol. The normalized spacial score (nSPS) is 25.8. The van der Waals surface area contributed by atoms with Crippen LogP contribution in [0.25, 0.3) is 22.5 Å². The first kappa shape index (κ1) is 18.9. The number of aromatic nitrogens is 4. The Bertz CT molecular complexity index is 1050. The number of halogens is 1. The maximum Gasteiger partial charge on any atom is 0.127 e. The van der Waals surface area contributed by atoms with E-state index in [0.29, 0.717) is 28.6 Å². The third-order valence-electron chi connectivity index (χ3n) is 6.33. The smallest absolute Gasteiger partial charge is 0.127 e. The minimum absolute atomic E-state index is 0.0857. The molecule has 2 fully saturated rings. The van der Waals surface area contributed by atoms with Gasteiger partial charge in [0.1, 0.15) is 11.9 Å². The quantitative estimate of drug-likeness (QED) is 0.688. The zero-order valence-corrected chi connectivity index (χ0v) is 16.6. The molecular formula is C23H24FN5O. The molecule has 5 rings (SSSR count). The van der Waals surface area contributed by atoms with Crippen LogP contribution in [0.1, 0.15) is 31.4 Å². The summed E-state index contributed by atoms with van der Waals surface area (Å²) in [7, 11) is 0. The van der Waals surface area contributed by atoms with Gasteiger partial charge in [-0.2, -0.15) is 5.10 Å². The number of imidazole rings is 1. The molecule has 154 valence electrons. The topological polar surface area (TPSA) is 75.9 Å². The number of hydrogen-bond acceptors (Lipinski definition) is 5. The molecule has 1 aromatic carbocycles. The van der Waals surface area contributed by atoms with E-state index >= 15 is 0 Å². The minimum Gasteiger partial charge on any atom is -0.507 e. The molecule has 0 aliphatic carbocycles. The number of benzene rings is 1. The van der Waals surface area contributed by atoms with Crippen LogP contribution in [-0.2, 0) is 0 Å². The molecule has 0 saturated carbocycles. The van der Waals surface area contributed by atoms with Gasteiger partial charge in [-0.15, -0.1) is 5.10 Å². The second kappa shape index (κ2) is 7.65. The molecule has 6 nitrogen and oxygen atoms in total. The fraction of sp³-hybridized carbons (Fsp3) is 0.348. The van der Waals surface area contributed by atoms with E-state index in [4.69, 9.17) is 0 Å². The van der Waals surface area contributed by atoms with Crippen molar-refractivity contribution < 1.29 is 9.50 Å². The van der Waals surface area contributed by atoms with Gasteiger partial charge in [0.05, 0.1) is 23.4 Å². The Morgan fingerprint density at radius 1 is 1.20 bits per heavy atom. The molecular weight excluding hydrogens is 381 g/mol. The second-order valence-electron chi connectivity index (χ2n) is 8.19. The number of aromatic hydroxyl groups is 1. The average molecular weight is 405 g/mol. The van der Waals surface area contributed by atoms with Crippen LogP contribution in [0, 0.1) is 5.92 Å². The Balaban J connectivity index is 1.36. The highest BCUT2D eigenvalue weighted by atomic mass is 19.1. The lowest BCUT2D eigenvalue weighted by molar-refractivity contribution is 0.0982. The predicted octanol–water partition coefficient (Wildman–Crippen LogP) is 3.92.